The fraction of sp³-hybridized carbons (Fsp3) is 0.333. The molecule has 1 amide bonds. The number of nitrogens with two attached hydrogens (primary N) is 1. The maximum Gasteiger partial charge on any atom is 0.338 e. The Bertz CT molecular complexity index is 404. The normalized spacial score (nSPS) is 9.67. The molecule has 6 nitrogen and oxygen atoms in total. The van der Waals surface area contributed by atoms with E-state index in [1.807, 2.05) is 5.43 Å². The van der Waals surface area contributed by atoms with E-state index in [4.69, 9.17) is 10.6 Å². The van der Waals surface area contributed by atoms with E-state index in [9.17, 15) is 9.59 Å². The van der Waals surface area contributed by atoms with Gasteiger partial charge in [-0.05, 0) is 31.2 Å². The minimum Gasteiger partial charge on any atom is -0.462 e. The Hall–Kier alpha value is -2.08. The van der Waals surface area contributed by atoms with Crippen LogP contribution in [-0.2, 0) is 9.53 Å². The van der Waals surface area contributed by atoms with E-state index in [0.717, 1.165) is 5.69 Å². The standard InChI is InChI=1S/C12H17N3O3/c1-2-18-12(17)9-3-5-10(6-4-9)14-8-7-11(16)15-13/h3-6,14H,2,7-8,13H2,1H3,(H,15,16). The van der Waals surface area contributed by atoms with Crippen molar-refractivity contribution in [3.8, 4) is 0 Å². The van der Waals surface area contributed by atoms with Gasteiger partial charge in [0.1, 0.15) is 0 Å². The Kier molecular flexibility index (Phi) is 5.66. The lowest BCUT2D eigenvalue weighted by Crippen LogP contribution is -2.31. The van der Waals surface area contributed by atoms with E-state index >= 15 is 0 Å². The molecule has 0 radical (unpaired) electrons. The quantitative estimate of drug-likeness (QED) is 0.299. The van der Waals surface area contributed by atoms with E-state index in [1.165, 1.54) is 0 Å². The van der Waals surface area contributed by atoms with Gasteiger partial charge in [-0.3, -0.25) is 10.2 Å². The number of hydrogen-bond donors (Lipinski definition) is 3. The van der Waals surface area contributed by atoms with Crippen LogP contribution < -0.4 is 16.6 Å². The number of rotatable bonds is 6. The summed E-state index contributed by atoms with van der Waals surface area (Å²) in [6, 6.07) is 6.85. The minimum absolute atomic E-state index is 0.231. The smallest absolute Gasteiger partial charge is 0.338 e. The number of carbonyl (C=O) groups is 2. The lowest BCUT2D eigenvalue weighted by atomic mass is 10.2. The molecule has 18 heavy (non-hydrogen) atoms. The molecule has 0 aliphatic carbocycles. The van der Waals surface area contributed by atoms with Crippen molar-refractivity contribution in [2.45, 2.75) is 13.3 Å². The number of carbonyl (C=O) groups excluding carboxylic acids is 2. The highest BCUT2D eigenvalue weighted by Crippen LogP contribution is 2.10. The number of ether oxygens (including phenoxy) is 1. The summed E-state index contributed by atoms with van der Waals surface area (Å²) in [6.07, 6.45) is 0.288. The Morgan fingerprint density at radius 3 is 2.50 bits per heavy atom. The van der Waals surface area contributed by atoms with Crippen molar-refractivity contribution in [1.29, 1.82) is 0 Å². The third-order valence-corrected chi connectivity index (χ3v) is 2.24. The third-order valence-electron chi connectivity index (χ3n) is 2.24. The highest BCUT2D eigenvalue weighted by molar-refractivity contribution is 5.89. The predicted octanol–water partition coefficient (Wildman–Crippen LogP) is 0.655. The lowest BCUT2D eigenvalue weighted by Gasteiger charge is -2.06. The average Bonchev–Trinajstić information content (AvgIpc) is 2.39. The van der Waals surface area contributed by atoms with Crippen molar-refractivity contribution >= 4 is 17.6 Å². The van der Waals surface area contributed by atoms with E-state index in [-0.39, 0.29) is 18.3 Å². The molecule has 0 bridgehead atoms. The number of hydrazine groups is 1. The first kappa shape index (κ1) is 14.0. The molecule has 0 saturated heterocycles. The van der Waals surface area contributed by atoms with Crippen LogP contribution >= 0.6 is 0 Å². The van der Waals surface area contributed by atoms with Crippen molar-refractivity contribution in [2.24, 2.45) is 5.84 Å². The molecule has 0 atom stereocenters. The number of benzene rings is 1. The maximum atomic E-state index is 11.4. The first-order valence-corrected chi connectivity index (χ1v) is 5.68. The third kappa shape index (κ3) is 4.42. The van der Waals surface area contributed by atoms with Crippen LogP contribution in [0.4, 0.5) is 5.69 Å². The molecule has 0 aromatic heterocycles. The molecule has 0 heterocycles. The average molecular weight is 251 g/mol. The van der Waals surface area contributed by atoms with E-state index in [2.05, 4.69) is 5.32 Å². The van der Waals surface area contributed by atoms with Crippen LogP contribution in [0.25, 0.3) is 0 Å². The fourth-order valence-electron chi connectivity index (χ4n) is 1.33. The molecule has 1 aromatic carbocycles. The molecule has 0 aliphatic rings. The highest BCUT2D eigenvalue weighted by Gasteiger charge is 2.05. The zero-order chi connectivity index (χ0) is 13.4. The van der Waals surface area contributed by atoms with Crippen LogP contribution in [0, 0.1) is 0 Å². The Morgan fingerprint density at radius 2 is 1.94 bits per heavy atom. The summed E-state index contributed by atoms with van der Waals surface area (Å²) >= 11 is 0. The highest BCUT2D eigenvalue weighted by atomic mass is 16.5. The maximum absolute atomic E-state index is 11.4. The summed E-state index contributed by atoms with van der Waals surface area (Å²) in [5.74, 6) is 4.38. The monoisotopic (exact) mass is 251 g/mol. The summed E-state index contributed by atoms with van der Waals surface area (Å²) in [7, 11) is 0. The number of anilines is 1. The van der Waals surface area contributed by atoms with Crippen molar-refractivity contribution in [3.05, 3.63) is 29.8 Å². The molecular weight excluding hydrogens is 234 g/mol. The van der Waals surface area contributed by atoms with Crippen LogP contribution in [0.2, 0.25) is 0 Å². The summed E-state index contributed by atoms with van der Waals surface area (Å²) in [4.78, 5) is 22.3. The van der Waals surface area contributed by atoms with Crippen molar-refractivity contribution < 1.29 is 14.3 Å². The van der Waals surface area contributed by atoms with Gasteiger partial charge in [0.2, 0.25) is 5.91 Å². The minimum atomic E-state index is -0.341. The van der Waals surface area contributed by atoms with Crippen LogP contribution in [0.3, 0.4) is 0 Å². The van der Waals surface area contributed by atoms with E-state index < -0.39 is 0 Å². The van der Waals surface area contributed by atoms with Crippen molar-refractivity contribution in [2.75, 3.05) is 18.5 Å². The number of hydrogen-bond acceptors (Lipinski definition) is 5. The molecule has 98 valence electrons. The van der Waals surface area contributed by atoms with Crippen LogP contribution in [0.15, 0.2) is 24.3 Å². The predicted molar refractivity (Wildman–Crippen MR) is 67.8 cm³/mol. The van der Waals surface area contributed by atoms with Gasteiger partial charge in [0.15, 0.2) is 0 Å². The van der Waals surface area contributed by atoms with Gasteiger partial charge in [0.05, 0.1) is 12.2 Å². The van der Waals surface area contributed by atoms with Crippen LogP contribution in [-0.4, -0.2) is 25.0 Å². The van der Waals surface area contributed by atoms with Gasteiger partial charge in [-0.25, -0.2) is 10.6 Å². The van der Waals surface area contributed by atoms with Gasteiger partial charge in [-0.1, -0.05) is 0 Å². The molecule has 6 heteroatoms. The zero-order valence-electron chi connectivity index (χ0n) is 10.2. The SMILES string of the molecule is CCOC(=O)c1ccc(NCCC(=O)NN)cc1. The van der Waals surface area contributed by atoms with E-state index in [1.54, 1.807) is 31.2 Å². The Morgan fingerprint density at radius 1 is 1.28 bits per heavy atom. The lowest BCUT2D eigenvalue weighted by molar-refractivity contribution is -0.120. The largest absolute Gasteiger partial charge is 0.462 e. The number of amides is 1. The summed E-state index contributed by atoms with van der Waals surface area (Å²) in [6.45, 7) is 2.59. The van der Waals surface area contributed by atoms with Gasteiger partial charge in [-0.2, -0.15) is 0 Å². The summed E-state index contributed by atoms with van der Waals surface area (Å²) < 4.78 is 4.87. The van der Waals surface area contributed by atoms with Crippen LogP contribution in [0.1, 0.15) is 23.7 Å². The Balaban J connectivity index is 2.45. The molecule has 0 aliphatic heterocycles. The van der Waals surface area contributed by atoms with Gasteiger partial charge >= 0.3 is 5.97 Å². The fourth-order valence-corrected chi connectivity index (χ4v) is 1.33. The van der Waals surface area contributed by atoms with Gasteiger partial charge in [0, 0.05) is 18.7 Å². The Labute approximate surface area is 105 Å². The molecule has 0 saturated carbocycles. The van der Waals surface area contributed by atoms with Crippen LogP contribution in [0.5, 0.6) is 0 Å². The number of nitrogens with one attached hydrogen (secondary N) is 2. The molecule has 4 N–H and O–H groups in total. The second kappa shape index (κ2) is 7.29. The molecule has 1 aromatic rings. The van der Waals surface area contributed by atoms with Crippen molar-refractivity contribution in [1.82, 2.24) is 5.43 Å². The van der Waals surface area contributed by atoms with Gasteiger partial charge in [-0.15, -0.1) is 0 Å². The zero-order valence-corrected chi connectivity index (χ0v) is 10.2. The molecule has 1 rings (SSSR count). The second-order valence-electron chi connectivity index (χ2n) is 3.54. The van der Waals surface area contributed by atoms with Gasteiger partial charge < -0.3 is 10.1 Å². The van der Waals surface area contributed by atoms with Gasteiger partial charge in [0.25, 0.3) is 0 Å². The number of esters is 1. The summed E-state index contributed by atoms with van der Waals surface area (Å²) in [5.41, 5.74) is 3.38. The first-order chi connectivity index (χ1) is 8.67. The van der Waals surface area contributed by atoms with Crippen molar-refractivity contribution in [3.63, 3.8) is 0 Å². The summed E-state index contributed by atoms with van der Waals surface area (Å²) in [5, 5.41) is 3.04. The first-order valence-electron chi connectivity index (χ1n) is 5.68. The molecular formula is C12H17N3O3. The molecule has 0 unspecified atom stereocenters. The topological polar surface area (TPSA) is 93.4 Å². The molecule has 0 fully saturated rings. The van der Waals surface area contributed by atoms with E-state index in [0.29, 0.717) is 18.7 Å². The molecule has 0 spiro atoms. The second-order valence-corrected chi connectivity index (χ2v) is 3.54.